The molecule has 2 aliphatic heterocycles. The summed E-state index contributed by atoms with van der Waals surface area (Å²) in [6, 6.07) is 0. The molecule has 0 aromatic heterocycles. The van der Waals surface area contributed by atoms with Crippen LogP contribution in [0.15, 0.2) is 0 Å². The average molecular weight is 421 g/mol. The molecule has 8 heteroatoms. The summed E-state index contributed by atoms with van der Waals surface area (Å²) >= 11 is 0. The van der Waals surface area contributed by atoms with Crippen LogP contribution in [0.3, 0.4) is 0 Å². The molecule has 0 aromatic rings. The monoisotopic (exact) mass is 420 g/mol. The third kappa shape index (κ3) is 10.5. The Morgan fingerprint density at radius 2 is 0.586 bits per heavy atom. The van der Waals surface area contributed by atoms with Crippen molar-refractivity contribution in [2.75, 3.05) is 106 Å². The molecule has 0 saturated carbocycles. The van der Waals surface area contributed by atoms with Gasteiger partial charge >= 0.3 is 0 Å². The molecule has 0 bridgehead atoms. The van der Waals surface area contributed by atoms with E-state index in [1.807, 2.05) is 0 Å². The predicted octanol–water partition coefficient (Wildman–Crippen LogP) is 1.41. The summed E-state index contributed by atoms with van der Waals surface area (Å²) in [6.45, 7) is 13.9. The molecule has 2 fully saturated rings. The summed E-state index contributed by atoms with van der Waals surface area (Å²) in [7, 11) is 0. The first-order valence-corrected chi connectivity index (χ1v) is 10.8. The maximum atomic E-state index is 5.92. The van der Waals surface area contributed by atoms with Gasteiger partial charge in [0.15, 0.2) is 0 Å². The van der Waals surface area contributed by atoms with E-state index in [0.717, 1.165) is 0 Å². The summed E-state index contributed by atoms with van der Waals surface area (Å²) in [5.74, 6) is 0.396. The van der Waals surface area contributed by atoms with Crippen molar-refractivity contribution < 1.29 is 37.9 Å². The Bertz CT molecular complexity index is 331. The van der Waals surface area contributed by atoms with Crippen LogP contribution in [-0.4, -0.2) is 106 Å². The van der Waals surface area contributed by atoms with Crippen LogP contribution in [0.4, 0.5) is 0 Å². The van der Waals surface area contributed by atoms with E-state index in [4.69, 9.17) is 37.9 Å². The Labute approximate surface area is 175 Å². The van der Waals surface area contributed by atoms with Crippen LogP contribution in [0.2, 0.25) is 0 Å². The Morgan fingerprint density at radius 1 is 0.379 bits per heavy atom. The summed E-state index contributed by atoms with van der Waals surface area (Å²) in [6.07, 6.45) is 0. The lowest BCUT2D eigenvalue weighted by Crippen LogP contribution is -2.42. The van der Waals surface area contributed by atoms with Crippen LogP contribution in [-0.2, 0) is 37.9 Å². The molecule has 0 amide bonds. The molecule has 0 spiro atoms. The van der Waals surface area contributed by atoms with Gasteiger partial charge in [0.05, 0.1) is 106 Å². The van der Waals surface area contributed by atoms with E-state index in [-0.39, 0.29) is 17.3 Å². The van der Waals surface area contributed by atoms with Crippen molar-refractivity contribution in [3.05, 3.63) is 0 Å². The van der Waals surface area contributed by atoms with Gasteiger partial charge in [0.1, 0.15) is 0 Å². The molecule has 29 heavy (non-hydrogen) atoms. The fraction of sp³-hybridized carbons (Fsp3) is 1.00. The third-order valence-electron chi connectivity index (χ3n) is 5.61. The highest BCUT2D eigenvalue weighted by atomic mass is 16.6. The molecule has 8 nitrogen and oxygen atoms in total. The van der Waals surface area contributed by atoms with Crippen LogP contribution in [0.25, 0.3) is 0 Å². The van der Waals surface area contributed by atoms with E-state index < -0.39 is 0 Å². The van der Waals surface area contributed by atoms with E-state index in [1.54, 1.807) is 0 Å². The molecule has 0 aromatic carbocycles. The molecule has 0 N–H and O–H groups in total. The standard InChI is InChI=1S/C21H40O8/c1-21(2,19-15-26-11-7-22-3-4-23-8-12-27-16-19)20-17-28-13-9-24-5-6-25-10-14-29-18-20/h19-20H,3-18H2,1-2H3. The third-order valence-corrected chi connectivity index (χ3v) is 5.61. The van der Waals surface area contributed by atoms with Crippen molar-refractivity contribution in [1.82, 2.24) is 0 Å². The molecule has 2 heterocycles. The zero-order chi connectivity index (χ0) is 20.6. The van der Waals surface area contributed by atoms with E-state index in [0.29, 0.717) is 106 Å². The van der Waals surface area contributed by atoms with E-state index in [1.165, 1.54) is 0 Å². The fourth-order valence-corrected chi connectivity index (χ4v) is 3.31. The van der Waals surface area contributed by atoms with Crippen LogP contribution in [0.5, 0.6) is 0 Å². The second-order valence-electron chi connectivity index (χ2n) is 7.96. The van der Waals surface area contributed by atoms with E-state index >= 15 is 0 Å². The molecule has 172 valence electrons. The second kappa shape index (κ2) is 15.5. The number of rotatable bonds is 2. The maximum Gasteiger partial charge on any atom is 0.0701 e. The van der Waals surface area contributed by atoms with Gasteiger partial charge in [0, 0.05) is 11.8 Å². The smallest absolute Gasteiger partial charge is 0.0701 e. The summed E-state index contributed by atoms with van der Waals surface area (Å²) in [4.78, 5) is 0. The average Bonchev–Trinajstić information content (AvgIpc) is 2.75. The number of hydrogen-bond donors (Lipinski definition) is 0. The molecule has 0 radical (unpaired) electrons. The molecular formula is C21H40O8. The van der Waals surface area contributed by atoms with Crippen LogP contribution >= 0.6 is 0 Å². The first-order chi connectivity index (χ1) is 14.2. The van der Waals surface area contributed by atoms with Gasteiger partial charge in [-0.25, -0.2) is 0 Å². The number of ether oxygens (including phenoxy) is 8. The Balaban J connectivity index is 1.95. The zero-order valence-corrected chi connectivity index (χ0v) is 18.2. The molecular weight excluding hydrogens is 380 g/mol. The first kappa shape index (κ1) is 24.9. The maximum absolute atomic E-state index is 5.92. The highest BCUT2D eigenvalue weighted by Gasteiger charge is 2.38. The summed E-state index contributed by atoms with van der Waals surface area (Å²) < 4.78 is 45.8. The number of hydrogen-bond acceptors (Lipinski definition) is 8. The largest absolute Gasteiger partial charge is 0.379 e. The zero-order valence-electron chi connectivity index (χ0n) is 18.2. The van der Waals surface area contributed by atoms with Gasteiger partial charge in [0.25, 0.3) is 0 Å². The Morgan fingerprint density at radius 3 is 0.828 bits per heavy atom. The Hall–Kier alpha value is -0.320. The lowest BCUT2D eigenvalue weighted by atomic mass is 9.70. The molecule has 0 atom stereocenters. The van der Waals surface area contributed by atoms with Gasteiger partial charge < -0.3 is 37.9 Å². The van der Waals surface area contributed by atoms with Crippen LogP contribution in [0.1, 0.15) is 13.8 Å². The second-order valence-corrected chi connectivity index (χ2v) is 7.96. The van der Waals surface area contributed by atoms with E-state index in [9.17, 15) is 0 Å². The van der Waals surface area contributed by atoms with Crippen LogP contribution in [0, 0.1) is 17.3 Å². The lowest BCUT2D eigenvalue weighted by molar-refractivity contribution is -0.0825. The molecule has 2 saturated heterocycles. The van der Waals surface area contributed by atoms with Gasteiger partial charge in [-0.15, -0.1) is 0 Å². The topological polar surface area (TPSA) is 73.8 Å². The van der Waals surface area contributed by atoms with Crippen molar-refractivity contribution in [2.45, 2.75) is 13.8 Å². The van der Waals surface area contributed by atoms with Crippen LogP contribution < -0.4 is 0 Å². The predicted molar refractivity (Wildman–Crippen MR) is 107 cm³/mol. The van der Waals surface area contributed by atoms with Crippen molar-refractivity contribution in [2.24, 2.45) is 17.3 Å². The van der Waals surface area contributed by atoms with Crippen molar-refractivity contribution >= 4 is 0 Å². The molecule has 0 unspecified atom stereocenters. The van der Waals surface area contributed by atoms with Gasteiger partial charge in [-0.1, -0.05) is 13.8 Å². The molecule has 2 rings (SSSR count). The van der Waals surface area contributed by atoms with Gasteiger partial charge in [-0.2, -0.15) is 0 Å². The highest BCUT2D eigenvalue weighted by Crippen LogP contribution is 2.37. The minimum absolute atomic E-state index is 0.107. The quantitative estimate of drug-likeness (QED) is 0.664. The van der Waals surface area contributed by atoms with Gasteiger partial charge in [0.2, 0.25) is 0 Å². The Kier molecular flexibility index (Phi) is 13.3. The van der Waals surface area contributed by atoms with Crippen molar-refractivity contribution in [3.63, 3.8) is 0 Å². The summed E-state index contributed by atoms with van der Waals surface area (Å²) in [5, 5.41) is 0. The highest BCUT2D eigenvalue weighted by molar-refractivity contribution is 4.85. The minimum atomic E-state index is -0.107. The molecule has 2 aliphatic rings. The van der Waals surface area contributed by atoms with Crippen molar-refractivity contribution in [3.8, 4) is 0 Å². The van der Waals surface area contributed by atoms with Gasteiger partial charge in [-0.3, -0.25) is 0 Å². The fourth-order valence-electron chi connectivity index (χ4n) is 3.31. The lowest BCUT2D eigenvalue weighted by Gasteiger charge is -2.40. The normalized spacial score (nSPS) is 25.4. The SMILES string of the molecule is CC(C)(C1COCCOCCOCCOC1)C1COCCOCCOCCOC1. The molecule has 0 aliphatic carbocycles. The minimum Gasteiger partial charge on any atom is -0.379 e. The van der Waals surface area contributed by atoms with Crippen molar-refractivity contribution in [1.29, 1.82) is 0 Å². The first-order valence-electron chi connectivity index (χ1n) is 10.8. The van der Waals surface area contributed by atoms with E-state index in [2.05, 4.69) is 13.8 Å². The van der Waals surface area contributed by atoms with Gasteiger partial charge in [-0.05, 0) is 5.41 Å². The summed E-state index contributed by atoms with van der Waals surface area (Å²) in [5.41, 5.74) is -0.107.